The van der Waals surface area contributed by atoms with E-state index in [2.05, 4.69) is 32.8 Å². The van der Waals surface area contributed by atoms with E-state index < -0.39 is 0 Å². The first-order chi connectivity index (χ1) is 8.67. The van der Waals surface area contributed by atoms with Gasteiger partial charge in [-0.25, -0.2) is 4.98 Å². The van der Waals surface area contributed by atoms with Crippen molar-refractivity contribution in [2.45, 2.75) is 33.2 Å². The highest BCUT2D eigenvalue weighted by Crippen LogP contribution is 2.07. The number of rotatable bonds is 7. The van der Waals surface area contributed by atoms with Gasteiger partial charge in [-0.15, -0.1) is 0 Å². The number of nitrogens with zero attached hydrogens (tertiary/aromatic N) is 2. The zero-order valence-corrected chi connectivity index (χ0v) is 11.2. The second kappa shape index (κ2) is 7.47. The lowest BCUT2D eigenvalue weighted by molar-refractivity contribution is -0.121. The maximum Gasteiger partial charge on any atom is 0.242 e. The van der Waals surface area contributed by atoms with Crippen LogP contribution in [-0.4, -0.2) is 35.0 Å². The van der Waals surface area contributed by atoms with E-state index in [0.29, 0.717) is 18.3 Å². The highest BCUT2D eigenvalue weighted by Gasteiger charge is 2.11. The molecule has 1 rings (SSSR count). The minimum absolute atomic E-state index is 0.0424. The highest BCUT2D eigenvalue weighted by atomic mass is 16.2. The lowest BCUT2D eigenvalue weighted by atomic mass is 10.3. The molecule has 1 heterocycles. The van der Waals surface area contributed by atoms with Gasteiger partial charge in [0.15, 0.2) is 0 Å². The van der Waals surface area contributed by atoms with E-state index in [-0.39, 0.29) is 11.9 Å². The smallest absolute Gasteiger partial charge is 0.242 e. The second-order valence-electron chi connectivity index (χ2n) is 3.95. The van der Waals surface area contributed by atoms with Crippen molar-refractivity contribution in [2.24, 2.45) is 0 Å². The van der Waals surface area contributed by atoms with Crippen molar-refractivity contribution in [3.8, 4) is 0 Å². The fourth-order valence-electron chi connectivity index (χ4n) is 1.38. The third kappa shape index (κ3) is 4.57. The molecular formula is C12H21N5O. The Morgan fingerprint density at radius 1 is 1.44 bits per heavy atom. The molecule has 0 radical (unpaired) electrons. The van der Waals surface area contributed by atoms with Crippen LogP contribution in [0.4, 0.5) is 11.8 Å². The average Bonchev–Trinajstić information content (AvgIpc) is 2.37. The average molecular weight is 251 g/mol. The van der Waals surface area contributed by atoms with Crippen LogP contribution >= 0.6 is 0 Å². The van der Waals surface area contributed by atoms with Crippen molar-refractivity contribution < 1.29 is 4.79 Å². The van der Waals surface area contributed by atoms with E-state index in [1.807, 2.05) is 6.92 Å². The molecule has 0 aromatic carbocycles. The number of anilines is 2. The molecule has 6 nitrogen and oxygen atoms in total. The number of carbonyl (C=O) groups excluding carboxylic acids is 1. The summed E-state index contributed by atoms with van der Waals surface area (Å²) in [4.78, 5) is 20.0. The van der Waals surface area contributed by atoms with Crippen LogP contribution in [0.3, 0.4) is 0 Å². The normalized spacial score (nSPS) is 11.7. The molecule has 0 aliphatic heterocycles. The van der Waals surface area contributed by atoms with Gasteiger partial charge in [-0.3, -0.25) is 4.79 Å². The van der Waals surface area contributed by atoms with Gasteiger partial charge in [0, 0.05) is 19.3 Å². The molecule has 1 amide bonds. The van der Waals surface area contributed by atoms with Crippen LogP contribution in [-0.2, 0) is 4.79 Å². The molecule has 6 heteroatoms. The van der Waals surface area contributed by atoms with Gasteiger partial charge >= 0.3 is 0 Å². The Bertz CT molecular complexity index is 382. The first-order valence-electron chi connectivity index (χ1n) is 6.28. The summed E-state index contributed by atoms with van der Waals surface area (Å²) >= 11 is 0. The van der Waals surface area contributed by atoms with E-state index in [1.165, 1.54) is 0 Å². The zero-order valence-electron chi connectivity index (χ0n) is 11.2. The number of aromatic nitrogens is 2. The standard InChI is InChI=1S/C12H21N5O/c1-4-7-14-12-15-8-6-10(17-12)16-9(3)11(18)13-5-2/h6,8-9H,4-5,7H2,1-3H3,(H,13,18)(H2,14,15,16,17). The Morgan fingerprint density at radius 3 is 2.89 bits per heavy atom. The topological polar surface area (TPSA) is 78.9 Å². The van der Waals surface area contributed by atoms with E-state index in [0.717, 1.165) is 13.0 Å². The largest absolute Gasteiger partial charge is 0.358 e. The lowest BCUT2D eigenvalue weighted by Gasteiger charge is -2.14. The Labute approximate surface area is 108 Å². The molecule has 0 saturated heterocycles. The fourth-order valence-corrected chi connectivity index (χ4v) is 1.38. The Hall–Kier alpha value is -1.85. The summed E-state index contributed by atoms with van der Waals surface area (Å²) in [6.45, 7) is 7.22. The number of amides is 1. The van der Waals surface area contributed by atoms with Gasteiger partial charge < -0.3 is 16.0 Å². The van der Waals surface area contributed by atoms with E-state index in [1.54, 1.807) is 19.2 Å². The molecule has 0 fully saturated rings. The quantitative estimate of drug-likeness (QED) is 0.679. The molecule has 1 unspecified atom stereocenters. The number of hydrogen-bond donors (Lipinski definition) is 3. The fraction of sp³-hybridized carbons (Fsp3) is 0.583. The molecule has 0 spiro atoms. The third-order valence-electron chi connectivity index (χ3n) is 2.30. The maximum atomic E-state index is 11.6. The molecule has 0 saturated carbocycles. The summed E-state index contributed by atoms with van der Waals surface area (Å²) in [5, 5.41) is 8.89. The van der Waals surface area contributed by atoms with Crippen LogP contribution in [0.5, 0.6) is 0 Å². The summed E-state index contributed by atoms with van der Waals surface area (Å²) in [6, 6.07) is 1.42. The number of carbonyl (C=O) groups is 1. The van der Waals surface area contributed by atoms with E-state index in [9.17, 15) is 4.79 Å². The first-order valence-corrected chi connectivity index (χ1v) is 6.28. The van der Waals surface area contributed by atoms with Gasteiger partial charge in [0.05, 0.1) is 0 Å². The maximum absolute atomic E-state index is 11.6. The van der Waals surface area contributed by atoms with Gasteiger partial charge in [-0.05, 0) is 26.3 Å². The molecule has 0 bridgehead atoms. The second-order valence-corrected chi connectivity index (χ2v) is 3.95. The number of nitrogens with one attached hydrogen (secondary N) is 3. The van der Waals surface area contributed by atoms with Crippen molar-refractivity contribution in [3.05, 3.63) is 12.3 Å². The molecule has 1 atom stereocenters. The highest BCUT2D eigenvalue weighted by molar-refractivity contribution is 5.83. The predicted molar refractivity (Wildman–Crippen MR) is 72.6 cm³/mol. The van der Waals surface area contributed by atoms with Crippen LogP contribution in [0.25, 0.3) is 0 Å². The SMILES string of the molecule is CCCNc1nccc(NC(C)C(=O)NCC)n1. The molecule has 1 aromatic rings. The van der Waals surface area contributed by atoms with Crippen molar-refractivity contribution in [1.29, 1.82) is 0 Å². The van der Waals surface area contributed by atoms with Crippen LogP contribution in [0.2, 0.25) is 0 Å². The van der Waals surface area contributed by atoms with Gasteiger partial charge in [0.2, 0.25) is 11.9 Å². The number of likely N-dealkylation sites (N-methyl/N-ethyl adjacent to an activating group) is 1. The van der Waals surface area contributed by atoms with Crippen LogP contribution in [0, 0.1) is 0 Å². The van der Waals surface area contributed by atoms with Crippen LogP contribution in [0.15, 0.2) is 12.3 Å². The van der Waals surface area contributed by atoms with Gasteiger partial charge in [-0.2, -0.15) is 4.98 Å². The van der Waals surface area contributed by atoms with Crippen LogP contribution < -0.4 is 16.0 Å². The Kier molecular flexibility index (Phi) is 5.90. The third-order valence-corrected chi connectivity index (χ3v) is 2.30. The first kappa shape index (κ1) is 14.2. The van der Waals surface area contributed by atoms with Gasteiger partial charge in [0.25, 0.3) is 0 Å². The van der Waals surface area contributed by atoms with Crippen molar-refractivity contribution in [2.75, 3.05) is 23.7 Å². The van der Waals surface area contributed by atoms with Gasteiger partial charge in [0.1, 0.15) is 11.9 Å². The molecule has 100 valence electrons. The van der Waals surface area contributed by atoms with Crippen molar-refractivity contribution in [1.82, 2.24) is 15.3 Å². The summed E-state index contributed by atoms with van der Waals surface area (Å²) in [5.41, 5.74) is 0. The molecule has 0 aliphatic rings. The lowest BCUT2D eigenvalue weighted by Crippen LogP contribution is -2.37. The molecule has 0 aliphatic carbocycles. The summed E-state index contributed by atoms with van der Waals surface area (Å²) in [5.74, 6) is 1.17. The Morgan fingerprint density at radius 2 is 2.22 bits per heavy atom. The summed E-state index contributed by atoms with van der Waals surface area (Å²) in [7, 11) is 0. The van der Waals surface area contributed by atoms with Crippen molar-refractivity contribution >= 4 is 17.7 Å². The minimum Gasteiger partial charge on any atom is -0.358 e. The van der Waals surface area contributed by atoms with Gasteiger partial charge in [-0.1, -0.05) is 6.92 Å². The molecular weight excluding hydrogens is 230 g/mol. The van der Waals surface area contributed by atoms with Crippen molar-refractivity contribution in [3.63, 3.8) is 0 Å². The van der Waals surface area contributed by atoms with E-state index in [4.69, 9.17) is 0 Å². The molecule has 1 aromatic heterocycles. The minimum atomic E-state index is -0.320. The summed E-state index contributed by atoms with van der Waals surface area (Å²) in [6.07, 6.45) is 2.67. The molecule has 3 N–H and O–H groups in total. The summed E-state index contributed by atoms with van der Waals surface area (Å²) < 4.78 is 0. The monoisotopic (exact) mass is 251 g/mol. The van der Waals surface area contributed by atoms with E-state index >= 15 is 0 Å². The Balaban J connectivity index is 2.58. The molecule has 18 heavy (non-hydrogen) atoms. The van der Waals surface area contributed by atoms with Crippen LogP contribution in [0.1, 0.15) is 27.2 Å². The number of hydrogen-bond acceptors (Lipinski definition) is 5. The predicted octanol–water partition coefficient (Wildman–Crippen LogP) is 1.23. The zero-order chi connectivity index (χ0) is 13.4.